The van der Waals surface area contributed by atoms with Gasteiger partial charge in [0.15, 0.2) is 0 Å². The lowest BCUT2D eigenvalue weighted by molar-refractivity contribution is 0.407. The summed E-state index contributed by atoms with van der Waals surface area (Å²) in [5.74, 6) is 1.11. The van der Waals surface area contributed by atoms with Crippen molar-refractivity contribution in [2.45, 2.75) is 20.4 Å². The van der Waals surface area contributed by atoms with Crippen LogP contribution in [0.25, 0.3) is 0 Å². The largest absolute Gasteiger partial charge is 0.508 e. The van der Waals surface area contributed by atoms with Gasteiger partial charge in [-0.25, -0.2) is 4.79 Å². The van der Waals surface area contributed by atoms with Gasteiger partial charge >= 0.3 is 5.63 Å². The van der Waals surface area contributed by atoms with Crippen LogP contribution in [-0.2, 0) is 6.54 Å². The van der Waals surface area contributed by atoms with E-state index in [1.54, 1.807) is 31.6 Å². The number of benzene rings is 1. The summed E-state index contributed by atoms with van der Waals surface area (Å²) < 4.78 is 11.4. The Labute approximate surface area is 155 Å². The summed E-state index contributed by atoms with van der Waals surface area (Å²) in [5.41, 5.74) is 0.896. The molecule has 0 bridgehead atoms. The molecule has 0 fully saturated rings. The van der Waals surface area contributed by atoms with E-state index in [-0.39, 0.29) is 17.1 Å². The number of aromatic nitrogens is 1. The predicted molar refractivity (Wildman–Crippen MR) is 101 cm³/mol. The Bertz CT molecular complexity index is 1010. The van der Waals surface area contributed by atoms with E-state index in [0.29, 0.717) is 18.0 Å². The summed E-state index contributed by atoms with van der Waals surface area (Å²) in [6.45, 7) is 3.81. The van der Waals surface area contributed by atoms with Gasteiger partial charge in [-0.3, -0.25) is 4.79 Å². The monoisotopic (exact) mass is 371 g/mol. The van der Waals surface area contributed by atoms with Crippen LogP contribution in [0.2, 0.25) is 0 Å². The first-order valence-corrected chi connectivity index (χ1v) is 8.13. The molecule has 0 aliphatic carbocycles. The maximum atomic E-state index is 11.8. The van der Waals surface area contributed by atoms with E-state index < -0.39 is 5.63 Å². The van der Waals surface area contributed by atoms with Crippen molar-refractivity contribution in [2.24, 2.45) is 0 Å². The van der Waals surface area contributed by atoms with Crippen molar-refractivity contribution in [3.8, 4) is 17.2 Å². The lowest BCUT2D eigenvalue weighted by Crippen LogP contribution is -2.21. The molecule has 0 amide bonds. The molecule has 2 N–H and O–H groups in total. The fraction of sp³-hybridized carbons (Fsp3) is 0.200. The van der Waals surface area contributed by atoms with E-state index in [2.05, 4.69) is 4.42 Å². The number of para-hydroxylation sites is 1. The number of pyridine rings is 1. The number of rotatable bonds is 3. The zero-order valence-corrected chi connectivity index (χ0v) is 15.3. The fourth-order valence-electron chi connectivity index (χ4n) is 2.51. The minimum Gasteiger partial charge on any atom is -0.508 e. The Kier molecular flexibility index (Phi) is 6.43. The summed E-state index contributed by atoms with van der Waals surface area (Å²) in [6, 6.07) is 12.7. The number of aryl methyl sites for hydroxylation is 2. The van der Waals surface area contributed by atoms with Crippen LogP contribution in [-0.4, -0.2) is 21.9 Å². The Morgan fingerprint density at radius 3 is 2.26 bits per heavy atom. The minimum absolute atomic E-state index is 0.00576. The maximum Gasteiger partial charge on any atom is 0.339 e. The van der Waals surface area contributed by atoms with Crippen LogP contribution in [0.4, 0.5) is 0 Å². The first-order valence-electron chi connectivity index (χ1n) is 8.13. The van der Waals surface area contributed by atoms with E-state index in [1.807, 2.05) is 24.3 Å². The van der Waals surface area contributed by atoms with Gasteiger partial charge in [-0.2, -0.15) is 0 Å². The van der Waals surface area contributed by atoms with Gasteiger partial charge in [-0.05, 0) is 26.0 Å². The molecule has 3 rings (SSSR count). The highest BCUT2D eigenvalue weighted by Gasteiger charge is 2.07. The van der Waals surface area contributed by atoms with Gasteiger partial charge in [0.25, 0.3) is 5.56 Å². The topological polar surface area (TPSA) is 102 Å². The molecule has 0 spiro atoms. The van der Waals surface area contributed by atoms with Crippen LogP contribution < -0.4 is 15.9 Å². The van der Waals surface area contributed by atoms with Crippen molar-refractivity contribution in [1.29, 1.82) is 0 Å². The van der Waals surface area contributed by atoms with E-state index in [9.17, 15) is 14.7 Å². The quantitative estimate of drug-likeness (QED) is 0.734. The van der Waals surface area contributed by atoms with Crippen LogP contribution in [0.15, 0.2) is 62.5 Å². The molecular formula is C20H21NO6. The smallest absolute Gasteiger partial charge is 0.339 e. The molecule has 7 nitrogen and oxygen atoms in total. The van der Waals surface area contributed by atoms with Crippen molar-refractivity contribution in [3.05, 3.63) is 86.3 Å². The third-order valence-corrected chi connectivity index (χ3v) is 3.72. The van der Waals surface area contributed by atoms with Gasteiger partial charge in [0.1, 0.15) is 23.0 Å². The second-order valence-corrected chi connectivity index (χ2v) is 5.84. The fourth-order valence-corrected chi connectivity index (χ4v) is 2.51. The summed E-state index contributed by atoms with van der Waals surface area (Å²) in [5, 5.41) is 18.1. The molecule has 0 atom stereocenters. The first kappa shape index (κ1) is 19.8. The molecule has 0 aliphatic rings. The normalized spacial score (nSPS) is 10.0. The Morgan fingerprint density at radius 1 is 1.00 bits per heavy atom. The molecule has 0 radical (unpaired) electrons. The molecule has 0 unspecified atom stereocenters. The van der Waals surface area contributed by atoms with Crippen molar-refractivity contribution >= 4 is 0 Å². The molecule has 0 saturated carbocycles. The average molecular weight is 371 g/mol. The summed E-state index contributed by atoms with van der Waals surface area (Å²) in [6.07, 6.45) is 0. The average Bonchev–Trinajstić information content (AvgIpc) is 2.57. The van der Waals surface area contributed by atoms with E-state index in [1.165, 1.54) is 12.1 Å². The van der Waals surface area contributed by atoms with Gasteiger partial charge in [0, 0.05) is 23.4 Å². The number of hydrogen-bond acceptors (Lipinski definition) is 6. The van der Waals surface area contributed by atoms with Gasteiger partial charge in [-0.1, -0.05) is 18.2 Å². The van der Waals surface area contributed by atoms with Gasteiger partial charge < -0.3 is 23.9 Å². The Hall–Kier alpha value is -3.48. The van der Waals surface area contributed by atoms with E-state index >= 15 is 0 Å². The molecule has 2 heterocycles. The SMILES string of the molecule is COc1ccccc1Cn1c(C)cc(O)cc1=O.Cc1cc(O)cc(=O)o1. The third-order valence-electron chi connectivity index (χ3n) is 3.72. The summed E-state index contributed by atoms with van der Waals surface area (Å²) >= 11 is 0. The standard InChI is InChI=1S/C14H15NO3.C6H6O3/c1-10-7-12(16)8-14(17)15(10)9-11-5-3-4-6-13(11)18-2;1-4-2-5(7)3-6(8)9-4/h3-8,16H,9H2,1-2H3;2-3,7H,1H3. The number of ether oxygens (including phenoxy) is 1. The lowest BCUT2D eigenvalue weighted by atomic mass is 10.2. The molecule has 0 saturated heterocycles. The molecule has 7 heteroatoms. The van der Waals surface area contributed by atoms with Crippen molar-refractivity contribution in [2.75, 3.05) is 7.11 Å². The molecular weight excluding hydrogens is 350 g/mol. The zero-order valence-electron chi connectivity index (χ0n) is 15.3. The van der Waals surface area contributed by atoms with Crippen molar-refractivity contribution in [3.63, 3.8) is 0 Å². The number of methoxy groups -OCH3 is 1. The molecule has 142 valence electrons. The van der Waals surface area contributed by atoms with Gasteiger partial charge in [-0.15, -0.1) is 0 Å². The molecule has 2 aromatic heterocycles. The number of nitrogens with zero attached hydrogens (tertiary/aromatic N) is 1. The lowest BCUT2D eigenvalue weighted by Gasteiger charge is -2.12. The van der Waals surface area contributed by atoms with Crippen LogP contribution in [0.5, 0.6) is 17.2 Å². The van der Waals surface area contributed by atoms with Crippen molar-refractivity contribution < 1.29 is 19.4 Å². The van der Waals surface area contributed by atoms with Gasteiger partial charge in [0.2, 0.25) is 0 Å². The highest BCUT2D eigenvalue weighted by molar-refractivity contribution is 5.34. The number of hydrogen-bond donors (Lipinski definition) is 2. The second-order valence-electron chi connectivity index (χ2n) is 5.84. The first-order chi connectivity index (χ1) is 12.8. The van der Waals surface area contributed by atoms with Gasteiger partial charge in [0.05, 0.1) is 19.7 Å². The molecule has 1 aromatic carbocycles. The summed E-state index contributed by atoms with van der Waals surface area (Å²) in [4.78, 5) is 22.2. The van der Waals surface area contributed by atoms with Crippen LogP contribution in [0.3, 0.4) is 0 Å². The molecule has 0 aliphatic heterocycles. The highest BCUT2D eigenvalue weighted by Crippen LogP contribution is 2.19. The van der Waals surface area contributed by atoms with E-state index in [4.69, 9.17) is 9.84 Å². The third kappa shape index (κ3) is 5.50. The summed E-state index contributed by atoms with van der Waals surface area (Å²) in [7, 11) is 1.60. The van der Waals surface area contributed by atoms with Crippen LogP contribution in [0.1, 0.15) is 17.0 Å². The molecule has 3 aromatic rings. The Morgan fingerprint density at radius 2 is 1.67 bits per heavy atom. The van der Waals surface area contributed by atoms with Crippen LogP contribution >= 0.6 is 0 Å². The van der Waals surface area contributed by atoms with Crippen LogP contribution in [0, 0.1) is 13.8 Å². The van der Waals surface area contributed by atoms with Crippen molar-refractivity contribution in [1.82, 2.24) is 4.57 Å². The molecule has 27 heavy (non-hydrogen) atoms. The second kappa shape index (κ2) is 8.75. The highest BCUT2D eigenvalue weighted by atomic mass is 16.5. The predicted octanol–water partition coefficient (Wildman–Crippen LogP) is 2.57. The maximum absolute atomic E-state index is 11.8. The number of aromatic hydroxyl groups is 2. The van der Waals surface area contributed by atoms with E-state index in [0.717, 1.165) is 17.4 Å². The Balaban J connectivity index is 0.000000244. The minimum atomic E-state index is -0.521. The zero-order chi connectivity index (χ0) is 20.0.